The van der Waals surface area contributed by atoms with E-state index in [9.17, 15) is 14.7 Å². The van der Waals surface area contributed by atoms with E-state index in [0.717, 1.165) is 25.2 Å². The van der Waals surface area contributed by atoms with Gasteiger partial charge in [0.25, 0.3) is 5.91 Å². The molecule has 1 unspecified atom stereocenters. The first-order chi connectivity index (χ1) is 16.1. The Balaban J connectivity index is 1.20. The molecule has 0 saturated heterocycles. The summed E-state index contributed by atoms with van der Waals surface area (Å²) in [6.45, 7) is 2.36. The van der Waals surface area contributed by atoms with Crippen molar-refractivity contribution in [2.75, 3.05) is 30.3 Å². The molecule has 7 heteroatoms. The van der Waals surface area contributed by atoms with Crippen molar-refractivity contribution in [3.63, 3.8) is 0 Å². The minimum atomic E-state index is -0.662. The van der Waals surface area contributed by atoms with Gasteiger partial charge in [-0.15, -0.1) is 0 Å². The number of β-amino-alcohol motifs (C(OH)–C–C–N with tert-alkyl or cyclic N) is 1. The molecule has 0 radical (unpaired) electrons. The van der Waals surface area contributed by atoms with Crippen LogP contribution >= 0.6 is 0 Å². The summed E-state index contributed by atoms with van der Waals surface area (Å²) in [5.74, 6) is -0.222. The van der Waals surface area contributed by atoms with Gasteiger partial charge >= 0.3 is 6.03 Å². The van der Waals surface area contributed by atoms with Crippen molar-refractivity contribution in [3.05, 3.63) is 95.6 Å². The average molecular weight is 445 g/mol. The molecule has 0 saturated carbocycles. The maximum absolute atomic E-state index is 12.3. The highest BCUT2D eigenvalue weighted by atomic mass is 16.3. The van der Waals surface area contributed by atoms with Crippen LogP contribution in [0.15, 0.2) is 78.9 Å². The zero-order chi connectivity index (χ0) is 23.0. The predicted octanol–water partition coefficient (Wildman–Crippen LogP) is 3.48. The summed E-state index contributed by atoms with van der Waals surface area (Å²) in [7, 11) is 0. The molecule has 0 bridgehead atoms. The van der Waals surface area contributed by atoms with Gasteiger partial charge in [-0.1, -0.05) is 42.5 Å². The number of urea groups is 1. The molecule has 33 heavy (non-hydrogen) atoms. The molecule has 4 rings (SSSR count). The quantitative estimate of drug-likeness (QED) is 0.449. The predicted molar refractivity (Wildman–Crippen MR) is 129 cm³/mol. The van der Waals surface area contributed by atoms with E-state index in [-0.39, 0.29) is 12.5 Å². The highest BCUT2D eigenvalue weighted by molar-refractivity contribution is 6.04. The molecule has 0 aliphatic carbocycles. The first-order valence-corrected chi connectivity index (χ1v) is 11.1. The zero-order valence-corrected chi connectivity index (χ0v) is 18.3. The van der Waals surface area contributed by atoms with Crippen LogP contribution in [0.1, 0.15) is 21.5 Å². The van der Waals surface area contributed by atoms with E-state index in [2.05, 4.69) is 39.0 Å². The van der Waals surface area contributed by atoms with Crippen LogP contribution in [-0.4, -0.2) is 47.7 Å². The number of hydrogen-bond donors (Lipinski definition) is 4. The lowest BCUT2D eigenvalue weighted by atomic mass is 10.00. The molecule has 1 heterocycles. The monoisotopic (exact) mass is 444 g/mol. The number of para-hydroxylation sites is 1. The summed E-state index contributed by atoms with van der Waals surface area (Å²) in [6, 6.07) is 23.8. The van der Waals surface area contributed by atoms with E-state index < -0.39 is 12.1 Å². The van der Waals surface area contributed by atoms with E-state index in [1.165, 1.54) is 11.1 Å². The molecule has 170 valence electrons. The van der Waals surface area contributed by atoms with Crippen molar-refractivity contribution in [3.8, 4) is 0 Å². The number of aliphatic hydroxyl groups excluding tert-OH is 1. The maximum Gasteiger partial charge on any atom is 0.319 e. The molecule has 0 spiro atoms. The second kappa shape index (κ2) is 10.8. The number of fused-ring (bicyclic) bond motifs is 1. The Labute approximate surface area is 193 Å². The fraction of sp³-hybridized carbons (Fsp3) is 0.231. The van der Waals surface area contributed by atoms with E-state index >= 15 is 0 Å². The molecule has 0 aromatic heterocycles. The number of carbonyl (C=O) groups is 2. The largest absolute Gasteiger partial charge is 0.390 e. The molecule has 3 aromatic rings. The number of anilines is 2. The molecule has 1 atom stereocenters. The van der Waals surface area contributed by atoms with Gasteiger partial charge in [0, 0.05) is 43.1 Å². The highest BCUT2D eigenvalue weighted by Crippen LogP contribution is 2.18. The third kappa shape index (κ3) is 6.41. The first kappa shape index (κ1) is 22.5. The summed E-state index contributed by atoms with van der Waals surface area (Å²) in [5, 5.41) is 18.6. The number of hydrogen-bond acceptors (Lipinski definition) is 4. The standard InChI is InChI=1S/C26H28N4O3/c31-24(18-30-15-14-19-6-4-5-7-21(19)17-30)16-27-26(33)29-23-12-10-20(11-13-23)25(32)28-22-8-2-1-3-9-22/h1-13,24,31H,14-18H2,(H,28,32)(H2,27,29,33). The summed E-state index contributed by atoms with van der Waals surface area (Å²) in [6.07, 6.45) is 0.306. The van der Waals surface area contributed by atoms with Gasteiger partial charge in [-0.2, -0.15) is 0 Å². The Kier molecular flexibility index (Phi) is 7.34. The summed E-state index contributed by atoms with van der Waals surface area (Å²) in [4.78, 5) is 26.7. The number of nitrogens with one attached hydrogen (secondary N) is 3. The molecule has 3 amide bonds. The molecule has 0 fully saturated rings. The van der Waals surface area contributed by atoms with E-state index in [1.54, 1.807) is 24.3 Å². The topological polar surface area (TPSA) is 93.7 Å². The second-order valence-corrected chi connectivity index (χ2v) is 8.14. The van der Waals surface area contributed by atoms with Gasteiger partial charge in [-0.3, -0.25) is 9.69 Å². The van der Waals surface area contributed by atoms with Gasteiger partial charge in [0.1, 0.15) is 0 Å². The smallest absolute Gasteiger partial charge is 0.319 e. The fourth-order valence-corrected chi connectivity index (χ4v) is 3.89. The van der Waals surface area contributed by atoms with Gasteiger partial charge in [0.05, 0.1) is 6.10 Å². The third-order valence-electron chi connectivity index (χ3n) is 5.61. The Morgan fingerprint density at radius 1 is 0.848 bits per heavy atom. The lowest BCUT2D eigenvalue weighted by Crippen LogP contribution is -2.42. The Bertz CT molecular complexity index is 1090. The molecule has 3 aromatic carbocycles. The lowest BCUT2D eigenvalue weighted by Gasteiger charge is -2.30. The van der Waals surface area contributed by atoms with Gasteiger partial charge in [0.15, 0.2) is 0 Å². The molecule has 1 aliphatic rings. The van der Waals surface area contributed by atoms with Crippen molar-refractivity contribution in [2.24, 2.45) is 0 Å². The van der Waals surface area contributed by atoms with Crippen LogP contribution in [0.5, 0.6) is 0 Å². The number of amides is 3. The van der Waals surface area contributed by atoms with Crippen LogP contribution < -0.4 is 16.0 Å². The number of benzene rings is 3. The maximum atomic E-state index is 12.3. The van der Waals surface area contributed by atoms with Gasteiger partial charge in [0.2, 0.25) is 0 Å². The van der Waals surface area contributed by atoms with Crippen LogP contribution in [0.25, 0.3) is 0 Å². The Hall–Kier alpha value is -3.68. The van der Waals surface area contributed by atoms with Crippen molar-refractivity contribution in [2.45, 2.75) is 19.1 Å². The normalized spacial score (nSPS) is 14.1. The molecular formula is C26H28N4O3. The minimum absolute atomic E-state index is 0.154. The van der Waals surface area contributed by atoms with Gasteiger partial charge < -0.3 is 21.1 Å². The summed E-state index contributed by atoms with van der Waals surface area (Å²) < 4.78 is 0. The fourth-order valence-electron chi connectivity index (χ4n) is 3.89. The molecule has 7 nitrogen and oxygen atoms in total. The third-order valence-corrected chi connectivity index (χ3v) is 5.61. The zero-order valence-electron chi connectivity index (χ0n) is 18.3. The van der Waals surface area contributed by atoms with Crippen LogP contribution in [-0.2, 0) is 13.0 Å². The number of aliphatic hydroxyl groups is 1. The summed E-state index contributed by atoms with van der Waals surface area (Å²) in [5.41, 5.74) is 4.43. The molecule has 4 N–H and O–H groups in total. The van der Waals surface area contributed by atoms with Gasteiger partial charge in [-0.25, -0.2) is 4.79 Å². The Morgan fingerprint density at radius 3 is 2.27 bits per heavy atom. The van der Waals surface area contributed by atoms with E-state index in [4.69, 9.17) is 0 Å². The number of carbonyl (C=O) groups excluding carboxylic acids is 2. The van der Waals surface area contributed by atoms with Crippen LogP contribution in [0.3, 0.4) is 0 Å². The number of nitrogens with zero attached hydrogens (tertiary/aromatic N) is 1. The molecular weight excluding hydrogens is 416 g/mol. The van der Waals surface area contributed by atoms with Crippen molar-refractivity contribution in [1.29, 1.82) is 0 Å². The number of rotatable bonds is 7. The minimum Gasteiger partial charge on any atom is -0.390 e. The second-order valence-electron chi connectivity index (χ2n) is 8.14. The van der Waals surface area contributed by atoms with Crippen LogP contribution in [0, 0.1) is 0 Å². The first-order valence-electron chi connectivity index (χ1n) is 11.1. The Morgan fingerprint density at radius 2 is 1.52 bits per heavy atom. The van der Waals surface area contributed by atoms with Crippen LogP contribution in [0.4, 0.5) is 16.2 Å². The molecule has 1 aliphatic heterocycles. The van der Waals surface area contributed by atoms with Crippen LogP contribution in [0.2, 0.25) is 0 Å². The van der Waals surface area contributed by atoms with E-state index in [0.29, 0.717) is 17.8 Å². The van der Waals surface area contributed by atoms with Crippen molar-refractivity contribution >= 4 is 23.3 Å². The lowest BCUT2D eigenvalue weighted by molar-refractivity contribution is 0.102. The SMILES string of the molecule is O=C(NCC(O)CN1CCc2ccccc2C1)Nc1ccc(C(=O)Nc2ccccc2)cc1. The summed E-state index contributed by atoms with van der Waals surface area (Å²) >= 11 is 0. The average Bonchev–Trinajstić information content (AvgIpc) is 2.84. The van der Waals surface area contributed by atoms with Gasteiger partial charge in [-0.05, 0) is 53.9 Å². The van der Waals surface area contributed by atoms with Crippen molar-refractivity contribution < 1.29 is 14.7 Å². The highest BCUT2D eigenvalue weighted by Gasteiger charge is 2.18. The van der Waals surface area contributed by atoms with Crippen molar-refractivity contribution in [1.82, 2.24) is 10.2 Å². The van der Waals surface area contributed by atoms with E-state index in [1.807, 2.05) is 36.4 Å².